The SMILES string of the molecule is COc1ccc2[nH]c(C(=O)NN=Cc3cc(Br)cc(Br)c3OC(=O)c3cccc(C)c3)c(-c3ccccc3)c2c1. The van der Waals surface area contributed by atoms with Gasteiger partial charge in [0.05, 0.1) is 23.4 Å². The van der Waals surface area contributed by atoms with Gasteiger partial charge in [-0.25, -0.2) is 10.2 Å². The predicted octanol–water partition coefficient (Wildman–Crippen LogP) is 7.66. The maximum atomic E-state index is 13.4. The number of hydrogen-bond acceptors (Lipinski definition) is 5. The molecule has 9 heteroatoms. The molecule has 0 bridgehead atoms. The van der Waals surface area contributed by atoms with E-state index in [1.165, 1.54) is 6.21 Å². The van der Waals surface area contributed by atoms with Crippen molar-refractivity contribution in [3.8, 4) is 22.6 Å². The number of esters is 1. The summed E-state index contributed by atoms with van der Waals surface area (Å²) < 4.78 is 12.4. The van der Waals surface area contributed by atoms with Crippen LogP contribution >= 0.6 is 31.9 Å². The molecule has 5 aromatic rings. The molecule has 1 heterocycles. The number of aromatic amines is 1. The summed E-state index contributed by atoms with van der Waals surface area (Å²) in [4.78, 5) is 29.4. The summed E-state index contributed by atoms with van der Waals surface area (Å²) in [5, 5.41) is 5.04. The van der Waals surface area contributed by atoms with Gasteiger partial charge in [0.25, 0.3) is 5.91 Å². The van der Waals surface area contributed by atoms with E-state index < -0.39 is 11.9 Å². The topological polar surface area (TPSA) is 92.8 Å². The van der Waals surface area contributed by atoms with Crippen LogP contribution in [0.15, 0.2) is 99.0 Å². The lowest BCUT2D eigenvalue weighted by atomic mass is 10.0. The fourth-order valence-corrected chi connectivity index (χ4v) is 5.64. The van der Waals surface area contributed by atoms with E-state index in [4.69, 9.17) is 9.47 Å². The fraction of sp³-hybridized carbons (Fsp3) is 0.0645. The molecule has 0 aliphatic heterocycles. The zero-order valence-electron chi connectivity index (χ0n) is 21.5. The standard InChI is InChI=1S/C31H23Br2N3O4/c1-18-7-6-10-20(13-18)31(38)40-29-21(14-22(32)15-25(29)33)17-34-36-30(37)28-27(19-8-4-3-5-9-19)24-16-23(39-2)11-12-26(24)35-28/h3-17,35H,1-2H3,(H,36,37). The first kappa shape index (κ1) is 27.4. The molecular weight excluding hydrogens is 638 g/mol. The lowest BCUT2D eigenvalue weighted by molar-refractivity contribution is 0.0732. The zero-order valence-corrected chi connectivity index (χ0v) is 24.7. The third-order valence-corrected chi connectivity index (χ3v) is 7.20. The zero-order chi connectivity index (χ0) is 28.2. The molecular formula is C31H23Br2N3O4. The van der Waals surface area contributed by atoms with Gasteiger partial charge in [-0.2, -0.15) is 5.10 Å². The lowest BCUT2D eigenvalue weighted by Gasteiger charge is -2.11. The number of rotatable bonds is 7. The summed E-state index contributed by atoms with van der Waals surface area (Å²) in [6.07, 6.45) is 1.43. The van der Waals surface area contributed by atoms with Crippen molar-refractivity contribution in [3.05, 3.63) is 116 Å². The van der Waals surface area contributed by atoms with E-state index in [1.807, 2.05) is 61.5 Å². The molecule has 0 saturated carbocycles. The van der Waals surface area contributed by atoms with Crippen molar-refractivity contribution >= 4 is 60.9 Å². The number of ether oxygens (including phenoxy) is 2. The molecule has 1 aromatic heterocycles. The van der Waals surface area contributed by atoms with Crippen LogP contribution in [-0.2, 0) is 0 Å². The summed E-state index contributed by atoms with van der Waals surface area (Å²) in [5.74, 6) is 0.0149. The van der Waals surface area contributed by atoms with Crippen LogP contribution in [0, 0.1) is 6.92 Å². The number of aromatic nitrogens is 1. The number of H-pyrrole nitrogens is 1. The predicted molar refractivity (Wildman–Crippen MR) is 163 cm³/mol. The normalized spacial score (nSPS) is 11.1. The highest BCUT2D eigenvalue weighted by molar-refractivity contribution is 9.11. The number of aryl methyl sites for hydroxylation is 1. The first-order chi connectivity index (χ1) is 19.3. The Morgan fingerprint density at radius 1 is 0.950 bits per heavy atom. The van der Waals surface area contributed by atoms with Gasteiger partial charge in [-0.1, -0.05) is 64.0 Å². The van der Waals surface area contributed by atoms with Crippen LogP contribution in [0.3, 0.4) is 0 Å². The van der Waals surface area contributed by atoms with Gasteiger partial charge in [-0.05, 0) is 70.9 Å². The van der Waals surface area contributed by atoms with Gasteiger partial charge >= 0.3 is 5.97 Å². The van der Waals surface area contributed by atoms with Crippen LogP contribution in [0.5, 0.6) is 11.5 Å². The van der Waals surface area contributed by atoms with E-state index >= 15 is 0 Å². The van der Waals surface area contributed by atoms with Crippen LogP contribution < -0.4 is 14.9 Å². The summed E-state index contributed by atoms with van der Waals surface area (Å²) >= 11 is 6.92. The number of benzene rings is 4. The third kappa shape index (κ3) is 5.85. The molecule has 4 aromatic carbocycles. The van der Waals surface area contributed by atoms with Gasteiger partial charge < -0.3 is 14.5 Å². The molecule has 2 N–H and O–H groups in total. The van der Waals surface area contributed by atoms with Crippen LogP contribution in [0.25, 0.3) is 22.0 Å². The largest absolute Gasteiger partial charge is 0.497 e. The Bertz CT molecular complexity index is 1760. The van der Waals surface area contributed by atoms with E-state index in [1.54, 1.807) is 37.4 Å². The highest BCUT2D eigenvalue weighted by Gasteiger charge is 2.20. The second-order valence-corrected chi connectivity index (χ2v) is 10.7. The molecule has 200 valence electrons. The van der Waals surface area contributed by atoms with E-state index in [0.29, 0.717) is 27.0 Å². The molecule has 40 heavy (non-hydrogen) atoms. The van der Waals surface area contributed by atoms with E-state index in [0.717, 1.165) is 32.1 Å². The number of hydrogen-bond donors (Lipinski definition) is 2. The van der Waals surface area contributed by atoms with Crippen LogP contribution in [0.1, 0.15) is 32.0 Å². The quantitative estimate of drug-likeness (QED) is 0.0811. The van der Waals surface area contributed by atoms with Crippen LogP contribution in [-0.4, -0.2) is 30.2 Å². The number of amides is 1. The Hall–Kier alpha value is -4.21. The Morgan fingerprint density at radius 2 is 1.75 bits per heavy atom. The number of hydrazone groups is 1. The number of nitrogens with zero attached hydrogens (tertiary/aromatic N) is 1. The number of halogens is 2. The first-order valence-corrected chi connectivity index (χ1v) is 13.8. The third-order valence-electron chi connectivity index (χ3n) is 6.15. The highest BCUT2D eigenvalue weighted by Crippen LogP contribution is 2.35. The number of nitrogens with one attached hydrogen (secondary N) is 2. The molecule has 0 spiro atoms. The Morgan fingerprint density at radius 3 is 2.50 bits per heavy atom. The first-order valence-electron chi connectivity index (χ1n) is 12.2. The average Bonchev–Trinajstić information content (AvgIpc) is 3.34. The average molecular weight is 661 g/mol. The fourth-order valence-electron chi connectivity index (χ4n) is 4.30. The van der Waals surface area contributed by atoms with Crippen LogP contribution in [0.4, 0.5) is 0 Å². The minimum Gasteiger partial charge on any atom is -0.497 e. The van der Waals surface area contributed by atoms with Crippen molar-refractivity contribution in [3.63, 3.8) is 0 Å². The monoisotopic (exact) mass is 659 g/mol. The van der Waals surface area contributed by atoms with Crippen molar-refractivity contribution in [2.75, 3.05) is 7.11 Å². The van der Waals surface area contributed by atoms with Crippen molar-refractivity contribution in [1.29, 1.82) is 0 Å². The second-order valence-electron chi connectivity index (χ2n) is 8.92. The number of methoxy groups -OCH3 is 1. The highest BCUT2D eigenvalue weighted by atomic mass is 79.9. The van der Waals surface area contributed by atoms with Gasteiger partial charge in [0.15, 0.2) is 5.75 Å². The molecule has 0 saturated heterocycles. The number of carbonyl (C=O) groups is 2. The molecule has 0 fully saturated rings. The summed E-state index contributed by atoms with van der Waals surface area (Å²) in [5.41, 5.74) is 7.20. The van der Waals surface area contributed by atoms with Crippen molar-refractivity contribution in [2.45, 2.75) is 6.92 Å². The Kier molecular flexibility index (Phi) is 8.14. The maximum absolute atomic E-state index is 13.4. The maximum Gasteiger partial charge on any atom is 0.343 e. The molecule has 5 rings (SSSR count). The van der Waals surface area contributed by atoms with Gasteiger partial charge in [0, 0.05) is 26.5 Å². The van der Waals surface area contributed by atoms with E-state index in [9.17, 15) is 9.59 Å². The molecule has 0 aliphatic rings. The van der Waals surface area contributed by atoms with Crippen molar-refractivity contribution in [2.24, 2.45) is 5.10 Å². The van der Waals surface area contributed by atoms with Gasteiger partial charge in [-0.15, -0.1) is 0 Å². The van der Waals surface area contributed by atoms with E-state index in [2.05, 4.69) is 47.4 Å². The minimum absolute atomic E-state index is 0.274. The van der Waals surface area contributed by atoms with Gasteiger partial charge in [0.1, 0.15) is 11.4 Å². The lowest BCUT2D eigenvalue weighted by Crippen LogP contribution is -2.19. The van der Waals surface area contributed by atoms with E-state index in [-0.39, 0.29) is 5.75 Å². The molecule has 0 atom stereocenters. The minimum atomic E-state index is -0.508. The van der Waals surface area contributed by atoms with Crippen molar-refractivity contribution < 1.29 is 19.1 Å². The van der Waals surface area contributed by atoms with Gasteiger partial charge in [-0.3, -0.25) is 4.79 Å². The Labute approximate surface area is 247 Å². The molecule has 0 radical (unpaired) electrons. The molecule has 0 unspecified atom stereocenters. The van der Waals surface area contributed by atoms with Crippen molar-refractivity contribution in [1.82, 2.24) is 10.4 Å². The van der Waals surface area contributed by atoms with Crippen LogP contribution in [0.2, 0.25) is 0 Å². The second kappa shape index (κ2) is 11.9. The van der Waals surface area contributed by atoms with Gasteiger partial charge in [0.2, 0.25) is 0 Å². The number of carbonyl (C=O) groups excluding carboxylic acids is 2. The smallest absolute Gasteiger partial charge is 0.343 e. The summed E-state index contributed by atoms with van der Waals surface area (Å²) in [6.45, 7) is 1.90. The molecule has 7 nitrogen and oxygen atoms in total. The Balaban J connectivity index is 1.45. The molecule has 1 amide bonds. The summed E-state index contributed by atoms with van der Waals surface area (Å²) in [6, 6.07) is 25.9. The summed E-state index contributed by atoms with van der Waals surface area (Å²) in [7, 11) is 1.60. The number of fused-ring (bicyclic) bond motifs is 1. The molecule has 0 aliphatic carbocycles.